The van der Waals surface area contributed by atoms with Gasteiger partial charge in [-0.2, -0.15) is 0 Å². The summed E-state index contributed by atoms with van der Waals surface area (Å²) in [4.78, 5) is 4.75. The van der Waals surface area contributed by atoms with Crippen LogP contribution in [0.1, 0.15) is 44.1 Å². The highest BCUT2D eigenvalue weighted by Gasteiger charge is 2.56. The third-order valence-electron chi connectivity index (χ3n) is 5.76. The second-order valence-electron chi connectivity index (χ2n) is 7.78. The van der Waals surface area contributed by atoms with Gasteiger partial charge < -0.3 is 5.11 Å². The molecule has 4 aliphatic carbocycles. The molecule has 1 aromatic rings. The zero-order chi connectivity index (χ0) is 15.4. The molecule has 0 radical (unpaired) electrons. The minimum atomic E-state index is 0.0531. The topological polar surface area (TPSA) is 32.6 Å². The van der Waals surface area contributed by atoms with Gasteiger partial charge in [-0.25, -0.2) is 0 Å². The molecule has 4 heteroatoms. The molecule has 2 atom stereocenters. The van der Waals surface area contributed by atoms with Gasteiger partial charge in [-0.1, -0.05) is 15.9 Å². The Bertz CT molecular complexity index is 616. The van der Waals surface area contributed by atoms with Gasteiger partial charge in [-0.15, -0.1) is 11.6 Å². The number of phenolic OH excluding ortho intramolecular Hbond substituents is 1. The summed E-state index contributed by atoms with van der Waals surface area (Å²) in [5.74, 6) is 1.91. The van der Waals surface area contributed by atoms with Crippen LogP contribution in [0.5, 0.6) is 5.75 Å². The minimum Gasteiger partial charge on any atom is -0.507 e. The first kappa shape index (κ1) is 15.0. The summed E-state index contributed by atoms with van der Waals surface area (Å²) in [6, 6.07) is 5.44. The van der Waals surface area contributed by atoms with Crippen LogP contribution in [-0.4, -0.2) is 22.7 Å². The lowest BCUT2D eigenvalue weighted by Gasteiger charge is -2.59. The molecule has 0 amide bonds. The SMILES string of the molecule is Oc1ccc(Br)cc1C=NCC12C[C@@H]3C[C@H](CC(Cl)(C3)C1)C2. The summed E-state index contributed by atoms with van der Waals surface area (Å²) < 4.78 is 0.960. The molecule has 2 nitrogen and oxygen atoms in total. The first-order chi connectivity index (χ1) is 10.5. The highest BCUT2D eigenvalue weighted by atomic mass is 79.9. The van der Waals surface area contributed by atoms with Crippen molar-refractivity contribution in [2.45, 2.75) is 43.4 Å². The fourth-order valence-corrected chi connectivity index (χ4v) is 6.59. The van der Waals surface area contributed by atoms with Gasteiger partial charge in [-0.3, -0.25) is 4.99 Å². The number of halogens is 2. The maximum absolute atomic E-state index is 9.90. The predicted molar refractivity (Wildman–Crippen MR) is 94.0 cm³/mol. The molecule has 0 unspecified atom stereocenters. The average Bonchev–Trinajstić information content (AvgIpc) is 2.39. The molecular weight excluding hydrogens is 362 g/mol. The fraction of sp³-hybridized carbons (Fsp3) is 0.611. The molecule has 4 bridgehead atoms. The molecule has 1 N–H and O–H groups in total. The molecule has 0 spiro atoms. The van der Waals surface area contributed by atoms with Crippen molar-refractivity contribution in [3.63, 3.8) is 0 Å². The van der Waals surface area contributed by atoms with E-state index in [1.54, 1.807) is 6.07 Å². The number of aromatic hydroxyl groups is 1. The summed E-state index contributed by atoms with van der Waals surface area (Å²) in [6.45, 7) is 0.848. The van der Waals surface area contributed by atoms with E-state index in [1.807, 2.05) is 18.3 Å². The van der Waals surface area contributed by atoms with Crippen molar-refractivity contribution in [1.82, 2.24) is 0 Å². The van der Waals surface area contributed by atoms with Crippen molar-refractivity contribution >= 4 is 33.7 Å². The molecule has 22 heavy (non-hydrogen) atoms. The molecule has 4 aliphatic rings. The number of hydrogen-bond acceptors (Lipinski definition) is 2. The van der Waals surface area contributed by atoms with Crippen molar-refractivity contribution < 1.29 is 5.11 Å². The Kier molecular flexibility index (Phi) is 3.58. The van der Waals surface area contributed by atoms with Gasteiger partial charge in [0.1, 0.15) is 5.75 Å². The van der Waals surface area contributed by atoms with Gasteiger partial charge in [0, 0.05) is 27.7 Å². The number of aliphatic imine (C=N–C) groups is 1. The van der Waals surface area contributed by atoms with Crippen molar-refractivity contribution in [3.05, 3.63) is 28.2 Å². The second-order valence-corrected chi connectivity index (χ2v) is 9.50. The summed E-state index contributed by atoms with van der Waals surface area (Å²) >= 11 is 10.3. The molecule has 4 saturated carbocycles. The van der Waals surface area contributed by atoms with Crippen LogP contribution in [0.3, 0.4) is 0 Å². The zero-order valence-corrected chi connectivity index (χ0v) is 14.9. The van der Waals surface area contributed by atoms with Crippen molar-refractivity contribution in [2.24, 2.45) is 22.2 Å². The first-order valence-corrected chi connectivity index (χ1v) is 9.30. The van der Waals surface area contributed by atoms with Crippen molar-refractivity contribution in [2.75, 3.05) is 6.54 Å². The summed E-state index contributed by atoms with van der Waals surface area (Å²) in [6.07, 6.45) is 9.33. The highest BCUT2D eigenvalue weighted by molar-refractivity contribution is 9.10. The van der Waals surface area contributed by atoms with E-state index in [2.05, 4.69) is 15.9 Å². The van der Waals surface area contributed by atoms with Crippen LogP contribution in [-0.2, 0) is 0 Å². The molecule has 1 aromatic carbocycles. The van der Waals surface area contributed by atoms with Gasteiger partial charge in [0.05, 0.1) is 0 Å². The van der Waals surface area contributed by atoms with Crippen LogP contribution in [0.15, 0.2) is 27.7 Å². The van der Waals surface area contributed by atoms with E-state index in [1.165, 1.54) is 32.1 Å². The maximum atomic E-state index is 9.90. The van der Waals surface area contributed by atoms with Crippen LogP contribution >= 0.6 is 27.5 Å². The van der Waals surface area contributed by atoms with Crippen molar-refractivity contribution in [3.8, 4) is 5.75 Å². The van der Waals surface area contributed by atoms with Crippen LogP contribution in [0.2, 0.25) is 0 Å². The Labute approximate surface area is 145 Å². The largest absolute Gasteiger partial charge is 0.507 e. The third kappa shape index (κ3) is 2.71. The molecule has 0 aromatic heterocycles. The summed E-state index contributed by atoms with van der Waals surface area (Å²) in [7, 11) is 0. The van der Waals surface area contributed by atoms with E-state index in [-0.39, 0.29) is 10.6 Å². The van der Waals surface area contributed by atoms with Gasteiger partial charge >= 0.3 is 0 Å². The Morgan fingerprint density at radius 1 is 1.27 bits per heavy atom. The van der Waals surface area contributed by atoms with Gasteiger partial charge in [-0.05, 0) is 74.0 Å². The van der Waals surface area contributed by atoms with E-state index in [0.717, 1.165) is 34.8 Å². The molecule has 0 saturated heterocycles. The monoisotopic (exact) mass is 381 g/mol. The van der Waals surface area contributed by atoms with Crippen molar-refractivity contribution in [1.29, 1.82) is 0 Å². The van der Waals surface area contributed by atoms with E-state index in [0.29, 0.717) is 5.41 Å². The normalized spacial score (nSPS) is 39.7. The Morgan fingerprint density at radius 2 is 2.00 bits per heavy atom. The number of hydrogen-bond donors (Lipinski definition) is 1. The van der Waals surface area contributed by atoms with E-state index in [9.17, 15) is 5.11 Å². The first-order valence-electron chi connectivity index (χ1n) is 8.13. The molecule has 4 fully saturated rings. The number of alkyl halides is 1. The van der Waals surface area contributed by atoms with Crippen LogP contribution in [0.25, 0.3) is 0 Å². The summed E-state index contributed by atoms with van der Waals surface area (Å²) in [5, 5.41) is 9.90. The van der Waals surface area contributed by atoms with E-state index < -0.39 is 0 Å². The fourth-order valence-electron chi connectivity index (χ4n) is 5.49. The van der Waals surface area contributed by atoms with Gasteiger partial charge in [0.15, 0.2) is 0 Å². The Balaban J connectivity index is 1.52. The van der Waals surface area contributed by atoms with Crippen LogP contribution < -0.4 is 0 Å². The zero-order valence-electron chi connectivity index (χ0n) is 12.6. The van der Waals surface area contributed by atoms with E-state index in [4.69, 9.17) is 16.6 Å². The van der Waals surface area contributed by atoms with E-state index >= 15 is 0 Å². The molecule has 118 valence electrons. The average molecular weight is 383 g/mol. The van der Waals surface area contributed by atoms with Crippen LogP contribution in [0, 0.1) is 17.3 Å². The minimum absolute atomic E-state index is 0.0531. The quantitative estimate of drug-likeness (QED) is 0.569. The number of rotatable bonds is 3. The number of nitrogens with zero attached hydrogens (tertiary/aromatic N) is 1. The Hall–Kier alpha value is -0.540. The standard InChI is InChI=1S/C18H21BrClNO/c19-15-1-2-16(22)14(4-15)9-21-11-17-5-12-3-13(6-17)8-18(20,7-12)10-17/h1-2,4,9,12-13,22H,3,5-8,10-11H2/t12-,13-,17?,18?/m0/s1. The predicted octanol–water partition coefficient (Wildman–Crippen LogP) is 5.15. The lowest BCUT2D eigenvalue weighted by molar-refractivity contribution is -0.0336. The molecule has 0 heterocycles. The third-order valence-corrected chi connectivity index (χ3v) is 6.69. The van der Waals surface area contributed by atoms with Gasteiger partial charge in [0.25, 0.3) is 0 Å². The molecule has 0 aliphatic heterocycles. The van der Waals surface area contributed by atoms with Gasteiger partial charge in [0.2, 0.25) is 0 Å². The Morgan fingerprint density at radius 3 is 2.68 bits per heavy atom. The number of phenols is 1. The highest BCUT2D eigenvalue weighted by Crippen LogP contribution is 2.63. The lowest BCUT2D eigenvalue weighted by Crippen LogP contribution is -2.54. The lowest BCUT2D eigenvalue weighted by atomic mass is 9.49. The molecule has 5 rings (SSSR count). The number of benzene rings is 1. The van der Waals surface area contributed by atoms with Crippen LogP contribution in [0.4, 0.5) is 0 Å². The molecular formula is C18H21BrClNO. The summed E-state index contributed by atoms with van der Waals surface area (Å²) in [5.41, 5.74) is 1.09. The maximum Gasteiger partial charge on any atom is 0.124 e. The smallest absolute Gasteiger partial charge is 0.124 e. The second kappa shape index (κ2) is 5.24.